The van der Waals surface area contributed by atoms with Gasteiger partial charge in [0.15, 0.2) is 0 Å². The Morgan fingerprint density at radius 3 is 2.59 bits per heavy atom. The average Bonchev–Trinajstić information content (AvgIpc) is 3.10. The number of hydrogen-bond acceptors (Lipinski definition) is 4. The van der Waals surface area contributed by atoms with Crippen molar-refractivity contribution in [1.29, 1.82) is 5.26 Å². The molecule has 0 radical (unpaired) electrons. The highest BCUT2D eigenvalue weighted by Crippen LogP contribution is 2.19. The van der Waals surface area contributed by atoms with E-state index in [1.807, 2.05) is 24.3 Å². The Bertz CT molecular complexity index is 832. The lowest BCUT2D eigenvalue weighted by atomic mass is 10.1. The number of nitriles is 1. The number of nitrogens with zero attached hydrogens (tertiary/aromatic N) is 4. The van der Waals surface area contributed by atoms with E-state index in [4.69, 9.17) is 5.26 Å². The lowest BCUT2D eigenvalue weighted by Gasteiger charge is -2.10. The third-order valence-corrected chi connectivity index (χ3v) is 3.09. The van der Waals surface area contributed by atoms with Crippen molar-refractivity contribution in [3.8, 4) is 11.8 Å². The molecule has 22 heavy (non-hydrogen) atoms. The highest BCUT2D eigenvalue weighted by molar-refractivity contribution is 6.05. The van der Waals surface area contributed by atoms with Crippen LogP contribution >= 0.6 is 0 Å². The SMILES string of the molecule is N#Cc1ccc(C(=O)Nc2ccccc2-n2cncn2)cc1. The van der Waals surface area contributed by atoms with Crippen LogP contribution in [0.4, 0.5) is 5.69 Å². The van der Waals surface area contributed by atoms with Crippen LogP contribution in [0.15, 0.2) is 61.2 Å². The van der Waals surface area contributed by atoms with Gasteiger partial charge in [-0.3, -0.25) is 4.79 Å². The standard InChI is InChI=1S/C16H11N5O/c17-9-12-5-7-13(8-6-12)16(22)20-14-3-1-2-4-15(14)21-11-18-10-19-21/h1-8,10-11H,(H,20,22). The van der Waals surface area contributed by atoms with E-state index in [0.29, 0.717) is 16.8 Å². The van der Waals surface area contributed by atoms with Gasteiger partial charge in [-0.05, 0) is 36.4 Å². The van der Waals surface area contributed by atoms with Crippen LogP contribution in [-0.2, 0) is 0 Å². The Labute approximate surface area is 126 Å². The number of rotatable bonds is 3. The number of benzene rings is 2. The fourth-order valence-corrected chi connectivity index (χ4v) is 2.00. The number of amides is 1. The Kier molecular flexibility index (Phi) is 3.62. The minimum atomic E-state index is -0.253. The first-order valence-corrected chi connectivity index (χ1v) is 6.53. The topological polar surface area (TPSA) is 83.6 Å². The van der Waals surface area contributed by atoms with E-state index in [-0.39, 0.29) is 5.91 Å². The zero-order valence-electron chi connectivity index (χ0n) is 11.5. The third kappa shape index (κ3) is 2.69. The van der Waals surface area contributed by atoms with Crippen LogP contribution in [0.1, 0.15) is 15.9 Å². The Hall–Kier alpha value is -3.46. The van der Waals surface area contributed by atoms with Gasteiger partial charge in [0.1, 0.15) is 12.7 Å². The number of carbonyl (C=O) groups is 1. The summed E-state index contributed by atoms with van der Waals surface area (Å²) in [7, 11) is 0. The molecule has 3 rings (SSSR count). The third-order valence-electron chi connectivity index (χ3n) is 3.09. The molecule has 0 aliphatic heterocycles. The highest BCUT2D eigenvalue weighted by atomic mass is 16.1. The smallest absolute Gasteiger partial charge is 0.255 e. The minimum Gasteiger partial charge on any atom is -0.320 e. The van der Waals surface area contributed by atoms with Crippen molar-refractivity contribution < 1.29 is 4.79 Å². The van der Waals surface area contributed by atoms with Crippen molar-refractivity contribution in [3.63, 3.8) is 0 Å². The minimum absolute atomic E-state index is 0.253. The summed E-state index contributed by atoms with van der Waals surface area (Å²) in [5.41, 5.74) is 2.34. The van der Waals surface area contributed by atoms with Crippen molar-refractivity contribution in [1.82, 2.24) is 14.8 Å². The molecule has 0 aliphatic carbocycles. The lowest BCUT2D eigenvalue weighted by molar-refractivity contribution is 0.102. The number of aromatic nitrogens is 3. The molecule has 2 aromatic carbocycles. The predicted molar refractivity (Wildman–Crippen MR) is 80.5 cm³/mol. The fourth-order valence-electron chi connectivity index (χ4n) is 2.00. The predicted octanol–water partition coefficient (Wildman–Crippen LogP) is 2.39. The molecule has 0 aliphatic rings. The molecule has 0 saturated heterocycles. The van der Waals surface area contributed by atoms with Gasteiger partial charge in [-0.15, -0.1) is 0 Å². The van der Waals surface area contributed by atoms with Crippen LogP contribution in [0, 0.1) is 11.3 Å². The normalized spacial score (nSPS) is 9.95. The molecule has 0 saturated carbocycles. The maximum atomic E-state index is 12.3. The van der Waals surface area contributed by atoms with E-state index in [2.05, 4.69) is 15.4 Å². The summed E-state index contributed by atoms with van der Waals surface area (Å²) in [5, 5.41) is 15.7. The van der Waals surface area contributed by atoms with Crippen LogP contribution in [0.25, 0.3) is 5.69 Å². The molecule has 1 amide bonds. The van der Waals surface area contributed by atoms with Crippen LogP contribution < -0.4 is 5.32 Å². The van der Waals surface area contributed by atoms with Gasteiger partial charge in [0, 0.05) is 5.56 Å². The molecule has 0 unspecified atom stereocenters. The summed E-state index contributed by atoms with van der Waals surface area (Å²) in [6.45, 7) is 0. The molecule has 1 N–H and O–H groups in total. The molecule has 1 aromatic heterocycles. The zero-order valence-corrected chi connectivity index (χ0v) is 11.5. The summed E-state index contributed by atoms with van der Waals surface area (Å²) in [5.74, 6) is -0.253. The largest absolute Gasteiger partial charge is 0.320 e. The van der Waals surface area contributed by atoms with Crippen LogP contribution in [0.3, 0.4) is 0 Å². The number of anilines is 1. The molecule has 6 heteroatoms. The molecule has 106 valence electrons. The Balaban J connectivity index is 1.87. The van der Waals surface area contributed by atoms with Crippen LogP contribution in [0.2, 0.25) is 0 Å². The summed E-state index contributed by atoms with van der Waals surface area (Å²) < 4.78 is 1.58. The summed E-state index contributed by atoms with van der Waals surface area (Å²) in [6.07, 6.45) is 2.99. The maximum Gasteiger partial charge on any atom is 0.255 e. The van der Waals surface area contributed by atoms with E-state index >= 15 is 0 Å². The van der Waals surface area contributed by atoms with E-state index in [1.54, 1.807) is 41.3 Å². The Morgan fingerprint density at radius 2 is 1.91 bits per heavy atom. The maximum absolute atomic E-state index is 12.3. The number of nitrogens with one attached hydrogen (secondary N) is 1. The van der Waals surface area contributed by atoms with Crippen molar-refractivity contribution in [2.75, 3.05) is 5.32 Å². The van der Waals surface area contributed by atoms with Gasteiger partial charge in [-0.25, -0.2) is 9.67 Å². The summed E-state index contributed by atoms with van der Waals surface area (Å²) in [4.78, 5) is 16.2. The van der Waals surface area contributed by atoms with Crippen molar-refractivity contribution >= 4 is 11.6 Å². The van der Waals surface area contributed by atoms with Gasteiger partial charge in [-0.2, -0.15) is 10.4 Å². The number of carbonyl (C=O) groups excluding carboxylic acids is 1. The van der Waals surface area contributed by atoms with E-state index in [1.165, 1.54) is 6.33 Å². The van der Waals surface area contributed by atoms with Gasteiger partial charge in [0.05, 0.1) is 23.0 Å². The fraction of sp³-hybridized carbons (Fsp3) is 0. The first kappa shape index (κ1) is 13.5. The molecule has 1 heterocycles. The molecule has 0 fully saturated rings. The van der Waals surface area contributed by atoms with Crippen LogP contribution in [-0.4, -0.2) is 20.7 Å². The molecular weight excluding hydrogens is 278 g/mol. The highest BCUT2D eigenvalue weighted by Gasteiger charge is 2.10. The summed E-state index contributed by atoms with van der Waals surface area (Å²) >= 11 is 0. The second-order valence-electron chi connectivity index (χ2n) is 4.50. The quantitative estimate of drug-likeness (QED) is 0.802. The zero-order chi connectivity index (χ0) is 15.4. The van der Waals surface area contributed by atoms with Gasteiger partial charge in [0.2, 0.25) is 0 Å². The van der Waals surface area contributed by atoms with E-state index in [9.17, 15) is 4.79 Å². The molecule has 0 bridgehead atoms. The summed E-state index contributed by atoms with van der Waals surface area (Å²) in [6, 6.07) is 15.8. The van der Waals surface area contributed by atoms with Gasteiger partial charge < -0.3 is 5.32 Å². The van der Waals surface area contributed by atoms with Crippen molar-refractivity contribution in [3.05, 3.63) is 72.3 Å². The van der Waals surface area contributed by atoms with E-state index in [0.717, 1.165) is 5.69 Å². The average molecular weight is 289 g/mol. The van der Waals surface area contributed by atoms with Gasteiger partial charge in [-0.1, -0.05) is 12.1 Å². The molecule has 3 aromatic rings. The lowest BCUT2D eigenvalue weighted by Crippen LogP contribution is -2.14. The second kappa shape index (κ2) is 5.89. The molecular formula is C16H11N5O. The molecule has 0 atom stereocenters. The second-order valence-corrected chi connectivity index (χ2v) is 4.50. The van der Waals surface area contributed by atoms with Gasteiger partial charge >= 0.3 is 0 Å². The molecule has 6 nitrogen and oxygen atoms in total. The Morgan fingerprint density at radius 1 is 1.14 bits per heavy atom. The van der Waals surface area contributed by atoms with Gasteiger partial charge in [0.25, 0.3) is 5.91 Å². The number of hydrogen-bond donors (Lipinski definition) is 1. The molecule has 0 spiro atoms. The number of para-hydroxylation sites is 2. The first-order chi connectivity index (χ1) is 10.8. The monoisotopic (exact) mass is 289 g/mol. The van der Waals surface area contributed by atoms with Crippen LogP contribution in [0.5, 0.6) is 0 Å². The first-order valence-electron chi connectivity index (χ1n) is 6.53. The van der Waals surface area contributed by atoms with Crippen molar-refractivity contribution in [2.24, 2.45) is 0 Å². The van der Waals surface area contributed by atoms with E-state index < -0.39 is 0 Å². The van der Waals surface area contributed by atoms with Crippen molar-refractivity contribution in [2.45, 2.75) is 0 Å².